The molecule has 0 unspecified atom stereocenters. The van der Waals surface area contributed by atoms with Gasteiger partial charge in [0, 0.05) is 7.11 Å². The van der Waals surface area contributed by atoms with Crippen LogP contribution in [-0.4, -0.2) is 24.6 Å². The van der Waals surface area contributed by atoms with Crippen LogP contribution in [0.4, 0.5) is 13.2 Å². The molecule has 1 atom stereocenters. The van der Waals surface area contributed by atoms with E-state index in [1.165, 1.54) is 30.6 Å². The summed E-state index contributed by atoms with van der Waals surface area (Å²) >= 11 is 1.18. The number of amides is 1. The van der Waals surface area contributed by atoms with Crippen molar-refractivity contribution in [3.8, 4) is 0 Å². The molecule has 1 aromatic carbocycles. The number of halogens is 3. The Kier molecular flexibility index (Phi) is 5.38. The number of carbonyl (C=O) groups excluding carboxylic acids is 1. The zero-order chi connectivity index (χ0) is 17.0. The van der Waals surface area contributed by atoms with Crippen molar-refractivity contribution in [1.29, 1.82) is 0 Å². The molecular formula is C15H15F3N2O2S. The molecule has 8 heteroatoms. The van der Waals surface area contributed by atoms with Crippen molar-refractivity contribution < 1.29 is 22.7 Å². The number of rotatable bonds is 5. The molecule has 0 fully saturated rings. The van der Waals surface area contributed by atoms with E-state index < -0.39 is 17.8 Å². The number of carbonyl (C=O) groups is 1. The van der Waals surface area contributed by atoms with Gasteiger partial charge in [0.2, 0.25) is 0 Å². The maximum atomic E-state index is 12.8. The summed E-state index contributed by atoms with van der Waals surface area (Å²) < 4.78 is 43.5. The van der Waals surface area contributed by atoms with Gasteiger partial charge < -0.3 is 10.1 Å². The zero-order valence-electron chi connectivity index (χ0n) is 12.5. The minimum Gasteiger partial charge on any atom is -0.382 e. The molecule has 0 spiro atoms. The first kappa shape index (κ1) is 17.4. The van der Waals surface area contributed by atoms with E-state index in [9.17, 15) is 18.0 Å². The second kappa shape index (κ2) is 7.10. The van der Waals surface area contributed by atoms with Crippen LogP contribution in [-0.2, 0) is 10.9 Å². The topological polar surface area (TPSA) is 51.2 Å². The quantitative estimate of drug-likeness (QED) is 0.902. The molecule has 1 heterocycles. The molecule has 0 saturated heterocycles. The summed E-state index contributed by atoms with van der Waals surface area (Å²) in [6.45, 7) is 1.76. The van der Waals surface area contributed by atoms with E-state index in [4.69, 9.17) is 4.74 Å². The number of methoxy groups -OCH3 is 1. The first-order chi connectivity index (χ1) is 10.8. The summed E-state index contributed by atoms with van der Waals surface area (Å²) in [5, 5.41) is 2.70. The number of hydrogen-bond donors (Lipinski definition) is 1. The van der Waals surface area contributed by atoms with Crippen LogP contribution >= 0.6 is 11.3 Å². The fourth-order valence-corrected chi connectivity index (χ4v) is 2.77. The smallest absolute Gasteiger partial charge is 0.382 e. The second-order valence-electron chi connectivity index (χ2n) is 4.87. The molecule has 23 heavy (non-hydrogen) atoms. The first-order valence-corrected chi connectivity index (χ1v) is 7.58. The van der Waals surface area contributed by atoms with Crippen molar-refractivity contribution in [2.75, 3.05) is 13.7 Å². The molecule has 0 aliphatic carbocycles. The van der Waals surface area contributed by atoms with Crippen molar-refractivity contribution in [1.82, 2.24) is 10.3 Å². The summed E-state index contributed by atoms with van der Waals surface area (Å²) in [5.41, 5.74) is 1.68. The van der Waals surface area contributed by atoms with Gasteiger partial charge in [0.15, 0.2) is 0 Å². The van der Waals surface area contributed by atoms with Gasteiger partial charge in [0.05, 0.1) is 29.4 Å². The van der Waals surface area contributed by atoms with Gasteiger partial charge in [0.25, 0.3) is 5.91 Å². The van der Waals surface area contributed by atoms with Gasteiger partial charge in [-0.1, -0.05) is 12.1 Å². The lowest BCUT2D eigenvalue weighted by Gasteiger charge is -2.19. The van der Waals surface area contributed by atoms with Gasteiger partial charge >= 0.3 is 6.18 Å². The Morgan fingerprint density at radius 2 is 2.17 bits per heavy atom. The number of nitrogens with zero attached hydrogens (tertiary/aromatic N) is 1. The molecular weight excluding hydrogens is 329 g/mol. The zero-order valence-corrected chi connectivity index (χ0v) is 13.3. The molecule has 2 rings (SSSR count). The Morgan fingerprint density at radius 1 is 1.43 bits per heavy atom. The van der Waals surface area contributed by atoms with Crippen LogP contribution < -0.4 is 5.32 Å². The fraction of sp³-hybridized carbons (Fsp3) is 0.333. The number of alkyl halides is 3. The van der Waals surface area contributed by atoms with E-state index >= 15 is 0 Å². The highest BCUT2D eigenvalue weighted by Crippen LogP contribution is 2.31. The molecule has 1 amide bonds. The monoisotopic (exact) mass is 344 g/mol. The summed E-state index contributed by atoms with van der Waals surface area (Å²) in [7, 11) is 1.42. The lowest BCUT2D eigenvalue weighted by atomic mass is 10.0. The molecule has 2 aromatic rings. The predicted octanol–water partition coefficient (Wildman–Crippen LogP) is 3.59. The third kappa shape index (κ3) is 4.29. The summed E-state index contributed by atoms with van der Waals surface area (Å²) in [5.74, 6) is -0.385. The molecule has 0 bridgehead atoms. The third-order valence-corrected chi connectivity index (χ3v) is 4.13. The summed E-state index contributed by atoms with van der Waals surface area (Å²) in [6, 6.07) is 4.16. The second-order valence-corrected chi connectivity index (χ2v) is 5.73. The molecule has 0 aliphatic rings. The Labute approximate surface area is 135 Å². The van der Waals surface area contributed by atoms with Crippen LogP contribution in [0.25, 0.3) is 0 Å². The van der Waals surface area contributed by atoms with Gasteiger partial charge in [0.1, 0.15) is 4.88 Å². The Morgan fingerprint density at radius 3 is 2.74 bits per heavy atom. The van der Waals surface area contributed by atoms with E-state index in [0.29, 0.717) is 16.1 Å². The number of nitrogens with one attached hydrogen (secondary N) is 1. The lowest BCUT2D eigenvalue weighted by molar-refractivity contribution is -0.137. The van der Waals surface area contributed by atoms with E-state index in [0.717, 1.165) is 12.1 Å². The standard InChI is InChI=1S/C15H15F3N2O2S/c1-9-13(23-8-19-9)14(21)20-12(7-22-2)10-4-3-5-11(6-10)15(16,17)18/h3-6,8,12H,7H2,1-2H3,(H,20,21)/t12-/m1/s1. The van der Waals surface area contributed by atoms with Crippen molar-refractivity contribution >= 4 is 17.2 Å². The van der Waals surface area contributed by atoms with Gasteiger partial charge in [-0.3, -0.25) is 4.79 Å². The molecule has 0 saturated carbocycles. The van der Waals surface area contributed by atoms with Gasteiger partial charge in [-0.05, 0) is 24.6 Å². The Hall–Kier alpha value is -1.93. The SMILES string of the molecule is COC[C@@H](NC(=O)c1scnc1C)c1cccc(C(F)(F)F)c1. The average molecular weight is 344 g/mol. The average Bonchev–Trinajstić information content (AvgIpc) is 2.92. The molecule has 124 valence electrons. The maximum Gasteiger partial charge on any atom is 0.416 e. The number of hydrogen-bond acceptors (Lipinski definition) is 4. The highest BCUT2D eigenvalue weighted by Gasteiger charge is 2.31. The third-order valence-electron chi connectivity index (χ3n) is 3.21. The van der Waals surface area contributed by atoms with Crippen LogP contribution in [0.3, 0.4) is 0 Å². The molecule has 1 N–H and O–H groups in total. The van der Waals surface area contributed by atoms with Crippen molar-refractivity contribution in [2.24, 2.45) is 0 Å². The number of aromatic nitrogens is 1. The summed E-state index contributed by atoms with van der Waals surface area (Å²) in [6.07, 6.45) is -4.44. The largest absolute Gasteiger partial charge is 0.416 e. The normalized spacial score (nSPS) is 12.9. The van der Waals surface area contributed by atoms with Crippen molar-refractivity contribution in [3.05, 3.63) is 51.5 Å². The van der Waals surface area contributed by atoms with Crippen LogP contribution in [0.15, 0.2) is 29.8 Å². The molecule has 1 aromatic heterocycles. The van der Waals surface area contributed by atoms with Crippen molar-refractivity contribution in [3.63, 3.8) is 0 Å². The van der Waals surface area contributed by atoms with Crippen LogP contribution in [0.2, 0.25) is 0 Å². The van der Waals surface area contributed by atoms with E-state index in [1.54, 1.807) is 12.4 Å². The maximum absolute atomic E-state index is 12.8. The number of benzene rings is 1. The first-order valence-electron chi connectivity index (χ1n) is 6.70. The molecule has 0 radical (unpaired) electrons. The van der Waals surface area contributed by atoms with Crippen LogP contribution in [0.1, 0.15) is 32.5 Å². The number of aryl methyl sites for hydroxylation is 1. The highest BCUT2D eigenvalue weighted by molar-refractivity contribution is 7.11. The lowest BCUT2D eigenvalue weighted by Crippen LogP contribution is -2.31. The van der Waals surface area contributed by atoms with Crippen LogP contribution in [0, 0.1) is 6.92 Å². The molecule has 4 nitrogen and oxygen atoms in total. The minimum atomic E-state index is -4.44. The number of ether oxygens (including phenoxy) is 1. The van der Waals surface area contributed by atoms with Crippen molar-refractivity contribution in [2.45, 2.75) is 19.1 Å². The highest BCUT2D eigenvalue weighted by atomic mass is 32.1. The number of thiazole rings is 1. The fourth-order valence-electron chi connectivity index (χ4n) is 2.06. The van der Waals surface area contributed by atoms with Gasteiger partial charge in [-0.15, -0.1) is 11.3 Å². The van der Waals surface area contributed by atoms with E-state index in [-0.39, 0.29) is 12.5 Å². The Bertz CT molecular complexity index is 685. The van der Waals surface area contributed by atoms with E-state index in [2.05, 4.69) is 10.3 Å². The predicted molar refractivity (Wildman–Crippen MR) is 80.4 cm³/mol. The van der Waals surface area contributed by atoms with Gasteiger partial charge in [-0.2, -0.15) is 13.2 Å². The summed E-state index contributed by atoms with van der Waals surface area (Å²) in [4.78, 5) is 16.7. The van der Waals surface area contributed by atoms with E-state index in [1.807, 2.05) is 0 Å². The van der Waals surface area contributed by atoms with Gasteiger partial charge in [-0.25, -0.2) is 4.98 Å². The van der Waals surface area contributed by atoms with Crippen LogP contribution in [0.5, 0.6) is 0 Å². The molecule has 0 aliphatic heterocycles. The minimum absolute atomic E-state index is 0.0604. The Balaban J connectivity index is 2.25.